The molecule has 1 heterocycles. The topological polar surface area (TPSA) is 65.3 Å². The molecule has 1 aliphatic carbocycles. The van der Waals surface area contributed by atoms with Crippen molar-refractivity contribution in [2.24, 2.45) is 0 Å². The van der Waals surface area contributed by atoms with E-state index >= 15 is 0 Å². The molecule has 2 N–H and O–H groups in total. The Morgan fingerprint density at radius 2 is 2.03 bits per heavy atom. The first-order valence-electron chi connectivity index (χ1n) is 10.1. The Hall–Kier alpha value is -2.29. The Morgan fingerprint density at radius 1 is 1.27 bits per heavy atom. The summed E-state index contributed by atoms with van der Waals surface area (Å²) in [7, 11) is 0. The number of nitrogens with one attached hydrogen (secondary N) is 1. The van der Waals surface area contributed by atoms with Crippen LogP contribution >= 0.6 is 23.4 Å². The molecular weight excluding hydrogens is 416 g/mol. The maximum absolute atomic E-state index is 10.9. The quantitative estimate of drug-likeness (QED) is 0.534. The molecule has 1 aliphatic heterocycles. The minimum Gasteiger partial charge on any atom is -0.507 e. The number of allylic oxidation sites excluding steroid dienone is 5. The van der Waals surface area contributed by atoms with E-state index in [9.17, 15) is 5.11 Å². The van der Waals surface area contributed by atoms with Gasteiger partial charge in [-0.1, -0.05) is 28.9 Å². The van der Waals surface area contributed by atoms with Crippen LogP contribution in [0.3, 0.4) is 0 Å². The van der Waals surface area contributed by atoms with Crippen LogP contribution < -0.4 is 10.1 Å². The number of hydrogen-bond donors (Lipinski definition) is 2. The average molecular weight is 443 g/mol. The zero-order chi connectivity index (χ0) is 21.8. The molecule has 0 bridgehead atoms. The summed E-state index contributed by atoms with van der Waals surface area (Å²) in [6.45, 7) is 8.49. The number of hydrogen-bond acceptors (Lipinski definition) is 5. The van der Waals surface area contributed by atoms with Crippen molar-refractivity contribution in [1.82, 2.24) is 5.32 Å². The zero-order valence-electron chi connectivity index (χ0n) is 17.8. The average Bonchev–Trinajstić information content (AvgIpc) is 2.70. The van der Waals surface area contributed by atoms with E-state index in [1.807, 2.05) is 18.2 Å². The van der Waals surface area contributed by atoms with E-state index in [0.717, 1.165) is 24.0 Å². The summed E-state index contributed by atoms with van der Waals surface area (Å²) in [5, 5.41) is 27.1. The molecule has 0 fully saturated rings. The van der Waals surface area contributed by atoms with Crippen molar-refractivity contribution in [3.05, 3.63) is 67.1 Å². The third kappa shape index (κ3) is 4.88. The molecule has 1 aromatic carbocycles. The van der Waals surface area contributed by atoms with Crippen molar-refractivity contribution in [1.29, 1.82) is 5.26 Å². The molecule has 0 atom stereocenters. The Balaban J connectivity index is 1.92. The molecule has 0 spiro atoms. The fourth-order valence-electron chi connectivity index (χ4n) is 3.67. The van der Waals surface area contributed by atoms with Gasteiger partial charge in [-0.3, -0.25) is 0 Å². The van der Waals surface area contributed by atoms with Crippen LogP contribution in [0.5, 0.6) is 5.75 Å². The smallest absolute Gasteiger partial charge is 0.174 e. The first-order chi connectivity index (χ1) is 14.3. The van der Waals surface area contributed by atoms with Gasteiger partial charge in [-0.25, -0.2) is 0 Å². The number of benzene rings is 1. The number of aliphatic hydroxyl groups excluding tert-OH is 1. The summed E-state index contributed by atoms with van der Waals surface area (Å²) in [5.41, 5.74) is 6.41. The Labute approximate surface area is 188 Å². The first kappa shape index (κ1) is 22.4. The van der Waals surface area contributed by atoms with Crippen molar-refractivity contribution < 1.29 is 9.84 Å². The summed E-state index contributed by atoms with van der Waals surface area (Å²) in [4.78, 5) is 0. The van der Waals surface area contributed by atoms with Crippen molar-refractivity contribution in [2.45, 2.75) is 53.0 Å². The second-order valence-corrected chi connectivity index (χ2v) is 9.18. The number of fused-ring (bicyclic) bond motifs is 1. The van der Waals surface area contributed by atoms with Crippen LogP contribution in [0.1, 0.15) is 51.7 Å². The lowest BCUT2D eigenvalue weighted by molar-refractivity contribution is 0.368. The summed E-state index contributed by atoms with van der Waals surface area (Å²) in [6.07, 6.45) is 4.24. The van der Waals surface area contributed by atoms with Crippen molar-refractivity contribution in [2.75, 3.05) is 6.61 Å². The number of nitriles is 1. The summed E-state index contributed by atoms with van der Waals surface area (Å²) >= 11 is 8.26. The van der Waals surface area contributed by atoms with Gasteiger partial charge in [-0.15, -0.1) is 0 Å². The van der Waals surface area contributed by atoms with E-state index in [1.54, 1.807) is 17.8 Å². The highest BCUT2D eigenvalue weighted by Crippen LogP contribution is 2.40. The fourth-order valence-corrected chi connectivity index (χ4v) is 5.03. The number of nitrogens with zero attached hydrogens (tertiary/aromatic N) is 1. The van der Waals surface area contributed by atoms with Crippen LogP contribution in [-0.4, -0.2) is 17.8 Å². The van der Waals surface area contributed by atoms with Gasteiger partial charge in [-0.05, 0) is 92.9 Å². The van der Waals surface area contributed by atoms with E-state index in [4.69, 9.17) is 21.6 Å². The zero-order valence-corrected chi connectivity index (χ0v) is 19.4. The van der Waals surface area contributed by atoms with Crippen LogP contribution in [0.15, 0.2) is 50.9 Å². The predicted octanol–water partition coefficient (Wildman–Crippen LogP) is 6.65. The lowest BCUT2D eigenvalue weighted by Crippen LogP contribution is -2.22. The van der Waals surface area contributed by atoms with Crippen molar-refractivity contribution in [3.8, 4) is 11.8 Å². The monoisotopic (exact) mass is 442 g/mol. The molecule has 1 aromatic rings. The van der Waals surface area contributed by atoms with E-state index in [0.29, 0.717) is 28.8 Å². The third-order valence-electron chi connectivity index (χ3n) is 5.19. The molecule has 0 saturated carbocycles. The number of ether oxygens (including phenoxy) is 1. The van der Waals surface area contributed by atoms with E-state index in [-0.39, 0.29) is 12.4 Å². The molecule has 30 heavy (non-hydrogen) atoms. The fraction of sp³-hybridized carbons (Fsp3) is 0.375. The van der Waals surface area contributed by atoms with Crippen LogP contribution in [0.25, 0.3) is 5.76 Å². The number of thioether (sulfide) groups is 1. The van der Waals surface area contributed by atoms with E-state index in [2.05, 4.69) is 38.4 Å². The Kier molecular flexibility index (Phi) is 7.23. The van der Waals surface area contributed by atoms with Crippen molar-refractivity contribution in [3.63, 3.8) is 0 Å². The second-order valence-electron chi connectivity index (χ2n) is 7.92. The SMILES string of the molecule is CC1=C(NC(C)C)SC=C(C2=C(C)CCc3c(ccc(OCC#N)c3Cl)C(O)=C2)C1. The summed E-state index contributed by atoms with van der Waals surface area (Å²) in [5.74, 6) is 0.677. The van der Waals surface area contributed by atoms with Gasteiger partial charge < -0.3 is 15.2 Å². The van der Waals surface area contributed by atoms with E-state index in [1.165, 1.54) is 21.7 Å². The van der Waals surface area contributed by atoms with Gasteiger partial charge in [0.2, 0.25) is 0 Å². The molecule has 3 rings (SSSR count). The first-order valence-corrected chi connectivity index (χ1v) is 11.3. The van der Waals surface area contributed by atoms with Gasteiger partial charge in [0.05, 0.1) is 10.1 Å². The van der Waals surface area contributed by atoms with Gasteiger partial charge in [0.1, 0.15) is 17.6 Å². The normalized spacial score (nSPS) is 17.0. The minimum atomic E-state index is -0.0598. The van der Waals surface area contributed by atoms with Gasteiger partial charge in [0.25, 0.3) is 0 Å². The summed E-state index contributed by atoms with van der Waals surface area (Å²) in [6, 6.07) is 5.88. The van der Waals surface area contributed by atoms with Crippen LogP contribution in [0.4, 0.5) is 0 Å². The molecule has 0 aromatic heterocycles. The molecule has 0 amide bonds. The Bertz CT molecular complexity index is 1010. The molecule has 6 heteroatoms. The third-order valence-corrected chi connectivity index (χ3v) is 6.71. The van der Waals surface area contributed by atoms with Crippen LogP contribution in [0, 0.1) is 11.3 Å². The molecular formula is C24H27ClN2O2S. The van der Waals surface area contributed by atoms with Gasteiger partial charge >= 0.3 is 0 Å². The largest absolute Gasteiger partial charge is 0.507 e. The van der Waals surface area contributed by atoms with Crippen LogP contribution in [0.2, 0.25) is 5.02 Å². The minimum absolute atomic E-state index is 0.0598. The molecule has 2 aliphatic rings. The maximum Gasteiger partial charge on any atom is 0.174 e. The van der Waals surface area contributed by atoms with E-state index < -0.39 is 0 Å². The maximum atomic E-state index is 10.9. The summed E-state index contributed by atoms with van der Waals surface area (Å²) < 4.78 is 5.42. The van der Waals surface area contributed by atoms with Gasteiger partial charge in [0, 0.05) is 11.6 Å². The number of rotatable bonds is 5. The molecule has 0 radical (unpaired) electrons. The molecule has 4 nitrogen and oxygen atoms in total. The van der Waals surface area contributed by atoms with Gasteiger partial charge in [0.15, 0.2) is 6.61 Å². The molecule has 0 saturated heterocycles. The van der Waals surface area contributed by atoms with Gasteiger partial charge in [-0.2, -0.15) is 5.26 Å². The molecule has 158 valence electrons. The standard InChI is InChI=1S/C24H27ClN2O2S/c1-14(2)27-24-16(4)11-17(13-30-24)20-12-21(28)18-7-8-22(29-10-9-26)23(25)19(18)6-5-15(20)3/h7-8,12-14,27-28H,5-6,10-11H2,1-4H3. The predicted molar refractivity (Wildman–Crippen MR) is 125 cm³/mol. The second kappa shape index (κ2) is 9.68. The lowest BCUT2D eigenvalue weighted by Gasteiger charge is -2.24. The highest BCUT2D eigenvalue weighted by atomic mass is 35.5. The highest BCUT2D eigenvalue weighted by Gasteiger charge is 2.22. The number of halogens is 1. The highest BCUT2D eigenvalue weighted by molar-refractivity contribution is 8.05. The molecule has 0 unspecified atom stereocenters. The lowest BCUT2D eigenvalue weighted by atomic mass is 9.88. The number of aliphatic hydroxyl groups is 1. The van der Waals surface area contributed by atoms with Crippen LogP contribution in [-0.2, 0) is 6.42 Å². The Morgan fingerprint density at radius 3 is 2.70 bits per heavy atom. The van der Waals surface area contributed by atoms with Crippen molar-refractivity contribution >= 4 is 29.1 Å².